The van der Waals surface area contributed by atoms with Gasteiger partial charge in [-0.05, 0) is 29.7 Å². The van der Waals surface area contributed by atoms with E-state index in [0.717, 1.165) is 16.9 Å². The van der Waals surface area contributed by atoms with Gasteiger partial charge in [0.25, 0.3) is 0 Å². The Balaban J connectivity index is 1.68. The first-order valence-electron chi connectivity index (χ1n) is 8.12. The van der Waals surface area contributed by atoms with Crippen molar-refractivity contribution in [3.05, 3.63) is 65.7 Å². The predicted octanol–water partition coefficient (Wildman–Crippen LogP) is 2.78. The fraction of sp³-hybridized carbons (Fsp3) is 0.368. The second kappa shape index (κ2) is 7.77. The number of aliphatic hydroxyl groups excluding tert-OH is 1. The van der Waals surface area contributed by atoms with Crippen LogP contribution in [0.25, 0.3) is 0 Å². The molecule has 3 rings (SSSR count). The Labute approximate surface area is 142 Å². The number of nitrogens with zero attached hydrogens (tertiary/aromatic N) is 1. The molecule has 5 nitrogen and oxygen atoms in total. The zero-order valence-electron chi connectivity index (χ0n) is 13.7. The second-order valence-corrected chi connectivity index (χ2v) is 6.00. The highest BCUT2D eigenvalue weighted by atomic mass is 16.5. The van der Waals surface area contributed by atoms with Gasteiger partial charge in [-0.1, -0.05) is 42.5 Å². The van der Waals surface area contributed by atoms with Crippen LogP contribution in [0.4, 0.5) is 0 Å². The van der Waals surface area contributed by atoms with Crippen molar-refractivity contribution < 1.29 is 19.8 Å². The first-order chi connectivity index (χ1) is 11.7. The fourth-order valence-electron chi connectivity index (χ4n) is 3.10. The van der Waals surface area contributed by atoms with E-state index >= 15 is 0 Å². The van der Waals surface area contributed by atoms with E-state index in [1.165, 1.54) is 5.06 Å². The van der Waals surface area contributed by atoms with E-state index in [2.05, 4.69) is 0 Å². The number of hydroxylamine groups is 2. The third-order valence-corrected chi connectivity index (χ3v) is 4.46. The summed E-state index contributed by atoms with van der Waals surface area (Å²) in [4.78, 5) is 0. The molecule has 1 saturated heterocycles. The van der Waals surface area contributed by atoms with E-state index in [4.69, 9.17) is 9.47 Å². The van der Waals surface area contributed by atoms with E-state index in [9.17, 15) is 10.3 Å². The second-order valence-electron chi connectivity index (χ2n) is 6.00. The summed E-state index contributed by atoms with van der Waals surface area (Å²) in [6.07, 6.45) is -0.377. The van der Waals surface area contributed by atoms with E-state index in [-0.39, 0.29) is 6.10 Å². The van der Waals surface area contributed by atoms with Crippen LogP contribution in [0.3, 0.4) is 0 Å². The summed E-state index contributed by atoms with van der Waals surface area (Å²) in [5, 5.41) is 22.0. The van der Waals surface area contributed by atoms with Gasteiger partial charge in [0.15, 0.2) is 0 Å². The predicted molar refractivity (Wildman–Crippen MR) is 89.9 cm³/mol. The summed E-state index contributed by atoms with van der Waals surface area (Å²) in [7, 11) is 1.60. The molecular weight excluding hydrogens is 306 g/mol. The minimum atomic E-state index is -0.829. The fourth-order valence-corrected chi connectivity index (χ4v) is 3.10. The summed E-state index contributed by atoms with van der Waals surface area (Å²) < 4.78 is 11.1. The quantitative estimate of drug-likeness (QED) is 0.853. The number of aliphatic hydroxyl groups is 1. The molecule has 1 heterocycles. The van der Waals surface area contributed by atoms with Gasteiger partial charge >= 0.3 is 0 Å². The standard InChI is InChI=1S/C19H23NO4/c1-23-16-9-7-15(8-10-16)19(21)18-17(11-12-20(18)22)24-13-14-5-3-2-4-6-14/h2-10,17-19,21-22H,11-13H2,1H3/t17-,18-,19?/m0/s1. The highest BCUT2D eigenvalue weighted by Gasteiger charge is 2.40. The molecule has 128 valence electrons. The molecule has 2 aromatic rings. The summed E-state index contributed by atoms with van der Waals surface area (Å²) in [5.74, 6) is 0.732. The lowest BCUT2D eigenvalue weighted by atomic mass is 9.99. The van der Waals surface area contributed by atoms with E-state index in [0.29, 0.717) is 19.6 Å². The summed E-state index contributed by atoms with van der Waals surface area (Å²) in [6, 6.07) is 16.6. The Morgan fingerprint density at radius 2 is 1.83 bits per heavy atom. The lowest BCUT2D eigenvalue weighted by Crippen LogP contribution is -2.39. The van der Waals surface area contributed by atoms with Crippen molar-refractivity contribution in [1.29, 1.82) is 0 Å². The Morgan fingerprint density at radius 3 is 2.50 bits per heavy atom. The molecule has 24 heavy (non-hydrogen) atoms. The van der Waals surface area contributed by atoms with Crippen molar-refractivity contribution in [2.75, 3.05) is 13.7 Å². The number of hydrogen-bond acceptors (Lipinski definition) is 5. The zero-order chi connectivity index (χ0) is 16.9. The van der Waals surface area contributed by atoms with Crippen LogP contribution in [-0.2, 0) is 11.3 Å². The molecule has 0 radical (unpaired) electrons. The van der Waals surface area contributed by atoms with E-state index < -0.39 is 12.1 Å². The molecule has 0 bridgehead atoms. The summed E-state index contributed by atoms with van der Waals surface area (Å²) in [5.41, 5.74) is 1.81. The van der Waals surface area contributed by atoms with Gasteiger partial charge in [0.2, 0.25) is 0 Å². The van der Waals surface area contributed by atoms with Crippen LogP contribution in [0.5, 0.6) is 5.75 Å². The zero-order valence-corrected chi connectivity index (χ0v) is 13.7. The smallest absolute Gasteiger partial charge is 0.118 e. The number of methoxy groups -OCH3 is 1. The molecule has 0 aromatic heterocycles. The van der Waals surface area contributed by atoms with Crippen molar-refractivity contribution in [1.82, 2.24) is 5.06 Å². The van der Waals surface area contributed by atoms with Crippen molar-refractivity contribution in [2.24, 2.45) is 0 Å². The van der Waals surface area contributed by atoms with E-state index in [1.807, 2.05) is 42.5 Å². The largest absolute Gasteiger partial charge is 0.497 e. The molecule has 3 atom stereocenters. The molecule has 1 aliphatic rings. The Morgan fingerprint density at radius 1 is 1.12 bits per heavy atom. The Bertz CT molecular complexity index is 632. The molecule has 0 aliphatic carbocycles. The first kappa shape index (κ1) is 16.9. The van der Waals surface area contributed by atoms with E-state index in [1.54, 1.807) is 19.2 Å². The molecule has 0 spiro atoms. The minimum Gasteiger partial charge on any atom is -0.497 e. The van der Waals surface area contributed by atoms with Crippen LogP contribution in [0, 0.1) is 0 Å². The lowest BCUT2D eigenvalue weighted by Gasteiger charge is -2.28. The SMILES string of the molecule is COc1ccc(C(O)[C@@H]2[C@@H](OCc3ccccc3)CCN2O)cc1. The van der Waals surface area contributed by atoms with Gasteiger partial charge in [0.05, 0.1) is 32.0 Å². The maximum Gasteiger partial charge on any atom is 0.118 e. The summed E-state index contributed by atoms with van der Waals surface area (Å²) >= 11 is 0. The molecular formula is C19H23NO4. The van der Waals surface area contributed by atoms with Crippen molar-refractivity contribution in [2.45, 2.75) is 31.3 Å². The Kier molecular flexibility index (Phi) is 5.48. The maximum absolute atomic E-state index is 10.7. The van der Waals surface area contributed by atoms with Gasteiger partial charge in [-0.25, -0.2) is 0 Å². The maximum atomic E-state index is 10.7. The highest BCUT2D eigenvalue weighted by molar-refractivity contribution is 5.29. The average molecular weight is 329 g/mol. The molecule has 0 amide bonds. The molecule has 2 N–H and O–H groups in total. The number of benzene rings is 2. The van der Waals surface area contributed by atoms with Crippen LogP contribution in [0.1, 0.15) is 23.7 Å². The molecule has 1 fully saturated rings. The normalized spacial score (nSPS) is 22.5. The van der Waals surface area contributed by atoms with Crippen LogP contribution in [0.2, 0.25) is 0 Å². The van der Waals surface area contributed by atoms with Crippen LogP contribution < -0.4 is 4.74 Å². The summed E-state index contributed by atoms with van der Waals surface area (Å²) in [6.45, 7) is 0.947. The third-order valence-electron chi connectivity index (χ3n) is 4.46. The molecule has 0 saturated carbocycles. The number of hydrogen-bond donors (Lipinski definition) is 2. The van der Waals surface area contributed by atoms with Crippen LogP contribution >= 0.6 is 0 Å². The van der Waals surface area contributed by atoms with Gasteiger partial charge < -0.3 is 19.8 Å². The van der Waals surface area contributed by atoms with Crippen molar-refractivity contribution in [3.8, 4) is 5.75 Å². The first-order valence-corrected chi connectivity index (χ1v) is 8.12. The van der Waals surface area contributed by atoms with Gasteiger partial charge in [0.1, 0.15) is 5.75 Å². The number of ether oxygens (including phenoxy) is 2. The third kappa shape index (κ3) is 3.76. The van der Waals surface area contributed by atoms with Gasteiger partial charge in [-0.2, -0.15) is 5.06 Å². The lowest BCUT2D eigenvalue weighted by molar-refractivity contribution is -0.156. The highest BCUT2D eigenvalue weighted by Crippen LogP contribution is 2.31. The number of rotatable bonds is 6. The Hall–Kier alpha value is -1.92. The molecule has 2 aromatic carbocycles. The minimum absolute atomic E-state index is 0.229. The van der Waals surface area contributed by atoms with Crippen molar-refractivity contribution >= 4 is 0 Å². The van der Waals surface area contributed by atoms with Gasteiger partial charge in [-0.3, -0.25) is 0 Å². The average Bonchev–Trinajstić information content (AvgIpc) is 3.01. The van der Waals surface area contributed by atoms with Crippen molar-refractivity contribution in [3.63, 3.8) is 0 Å². The van der Waals surface area contributed by atoms with Gasteiger partial charge in [0, 0.05) is 6.54 Å². The van der Waals surface area contributed by atoms with Crippen LogP contribution in [0.15, 0.2) is 54.6 Å². The van der Waals surface area contributed by atoms with Gasteiger partial charge in [-0.15, -0.1) is 0 Å². The molecule has 1 unspecified atom stereocenters. The van der Waals surface area contributed by atoms with Crippen LogP contribution in [-0.4, -0.2) is 41.2 Å². The molecule has 5 heteroatoms. The molecule has 1 aliphatic heterocycles. The monoisotopic (exact) mass is 329 g/mol. The topological polar surface area (TPSA) is 62.2 Å².